The van der Waals surface area contributed by atoms with Crippen LogP contribution in [-0.4, -0.2) is 31.5 Å². The zero-order chi connectivity index (χ0) is 21.3. The topological polar surface area (TPSA) is 31.0 Å². The maximum Gasteiger partial charge on any atom is 0.104 e. The van der Waals surface area contributed by atoms with Gasteiger partial charge in [0, 0.05) is 0 Å². The third kappa shape index (κ3) is 10.7. The number of unbranched alkanes of at least 4 members (excludes halogenated alkanes) is 9. The Balaban J connectivity index is 1.84. The van der Waals surface area contributed by atoms with E-state index in [4.69, 9.17) is 14.2 Å². The average Bonchev–Trinajstić information content (AvgIpc) is 3.61. The zero-order valence-corrected chi connectivity index (χ0v) is 20.0. The van der Waals surface area contributed by atoms with Crippen LogP contribution >= 0.6 is 0 Å². The molecule has 0 aromatic heterocycles. The molecular weight excluding hydrogens is 372 g/mol. The molecule has 2 rings (SSSR count). The second-order valence-corrected chi connectivity index (χ2v) is 9.74. The van der Waals surface area contributed by atoms with Crippen LogP contribution in [0.1, 0.15) is 122 Å². The summed E-state index contributed by atoms with van der Waals surface area (Å²) in [5.41, 5.74) is 0.105. The molecule has 0 aromatic carbocycles. The Hall–Kier alpha value is -0.540. The van der Waals surface area contributed by atoms with E-state index in [0.29, 0.717) is 6.10 Å². The smallest absolute Gasteiger partial charge is 0.104 e. The minimum atomic E-state index is 0.105. The van der Waals surface area contributed by atoms with Gasteiger partial charge in [0.25, 0.3) is 0 Å². The van der Waals surface area contributed by atoms with Crippen molar-refractivity contribution in [2.75, 3.05) is 19.8 Å². The van der Waals surface area contributed by atoms with Crippen molar-refractivity contribution >= 4 is 0 Å². The molecule has 2 unspecified atom stereocenters. The van der Waals surface area contributed by atoms with Crippen LogP contribution in [-0.2, 0) is 14.2 Å². The standard InChI is InChI=1S/C27H50O3/c1-3-5-6-7-8-9-15-20-27(30-24-26-23-29-26,25-18-13-12-14-19-25)21-16-10-11-17-22-28-4-2/h4,25-26H,2-3,5-24H2,1H3. The summed E-state index contributed by atoms with van der Waals surface area (Å²) in [4.78, 5) is 0. The molecule has 1 aliphatic carbocycles. The quantitative estimate of drug-likeness (QED) is 0.113. The molecule has 2 fully saturated rings. The first-order valence-electron chi connectivity index (χ1n) is 13.3. The average molecular weight is 423 g/mol. The largest absolute Gasteiger partial charge is 0.502 e. The van der Waals surface area contributed by atoms with Crippen molar-refractivity contribution in [2.24, 2.45) is 5.92 Å². The summed E-state index contributed by atoms with van der Waals surface area (Å²) in [6.45, 7) is 8.46. The van der Waals surface area contributed by atoms with Crippen molar-refractivity contribution < 1.29 is 14.2 Å². The number of epoxide rings is 1. The summed E-state index contributed by atoms with van der Waals surface area (Å²) in [6, 6.07) is 0. The molecule has 2 aliphatic rings. The van der Waals surface area contributed by atoms with Gasteiger partial charge in [-0.2, -0.15) is 0 Å². The van der Waals surface area contributed by atoms with Gasteiger partial charge in [-0.3, -0.25) is 0 Å². The Morgan fingerprint density at radius 2 is 1.47 bits per heavy atom. The lowest BCUT2D eigenvalue weighted by Crippen LogP contribution is -2.43. The van der Waals surface area contributed by atoms with Crippen LogP contribution < -0.4 is 0 Å². The minimum absolute atomic E-state index is 0.105. The lowest BCUT2D eigenvalue weighted by molar-refractivity contribution is -0.114. The fraction of sp³-hybridized carbons (Fsp3) is 0.926. The van der Waals surface area contributed by atoms with Gasteiger partial charge in [-0.05, 0) is 38.0 Å². The summed E-state index contributed by atoms with van der Waals surface area (Å²) in [5, 5.41) is 0. The van der Waals surface area contributed by atoms with Gasteiger partial charge in [0.2, 0.25) is 0 Å². The second-order valence-electron chi connectivity index (χ2n) is 9.74. The Morgan fingerprint density at radius 3 is 2.07 bits per heavy atom. The van der Waals surface area contributed by atoms with Crippen molar-refractivity contribution in [1.29, 1.82) is 0 Å². The van der Waals surface area contributed by atoms with E-state index < -0.39 is 0 Å². The van der Waals surface area contributed by atoms with Crippen LogP contribution in [0, 0.1) is 5.92 Å². The summed E-state index contributed by atoms with van der Waals surface area (Å²) in [5.74, 6) is 0.759. The highest BCUT2D eigenvalue weighted by Gasteiger charge is 2.40. The first-order chi connectivity index (χ1) is 14.8. The van der Waals surface area contributed by atoms with Gasteiger partial charge in [-0.25, -0.2) is 0 Å². The van der Waals surface area contributed by atoms with E-state index in [1.54, 1.807) is 6.26 Å². The molecule has 0 spiro atoms. The molecule has 0 aromatic rings. The lowest BCUT2D eigenvalue weighted by Gasteiger charge is -2.43. The lowest BCUT2D eigenvalue weighted by atomic mass is 9.71. The monoisotopic (exact) mass is 422 g/mol. The molecular formula is C27H50O3. The highest BCUT2D eigenvalue weighted by Crippen LogP contribution is 2.42. The van der Waals surface area contributed by atoms with Crippen LogP contribution in [0.5, 0.6) is 0 Å². The molecule has 1 heterocycles. The zero-order valence-electron chi connectivity index (χ0n) is 20.0. The number of rotatable bonds is 20. The molecule has 0 N–H and O–H groups in total. The third-order valence-corrected chi connectivity index (χ3v) is 7.24. The summed E-state index contributed by atoms with van der Waals surface area (Å²) < 4.78 is 17.6. The van der Waals surface area contributed by atoms with Gasteiger partial charge >= 0.3 is 0 Å². The SMILES string of the molecule is C=COCCCCCCC(CCCCCCCCC)(OCC1CO1)C1CCCCC1. The highest BCUT2D eigenvalue weighted by molar-refractivity contribution is 4.91. The van der Waals surface area contributed by atoms with Crippen molar-refractivity contribution in [1.82, 2.24) is 0 Å². The van der Waals surface area contributed by atoms with Gasteiger partial charge in [0.15, 0.2) is 0 Å². The Labute approximate surface area is 187 Å². The number of hydrogen-bond acceptors (Lipinski definition) is 3. The molecule has 2 atom stereocenters. The molecule has 1 aliphatic heterocycles. The van der Waals surface area contributed by atoms with Crippen LogP contribution in [0.2, 0.25) is 0 Å². The van der Waals surface area contributed by atoms with Crippen LogP contribution in [0.3, 0.4) is 0 Å². The van der Waals surface area contributed by atoms with Crippen LogP contribution in [0.4, 0.5) is 0 Å². The number of hydrogen-bond donors (Lipinski definition) is 0. The van der Waals surface area contributed by atoms with E-state index in [2.05, 4.69) is 13.5 Å². The molecule has 176 valence electrons. The molecule has 3 nitrogen and oxygen atoms in total. The van der Waals surface area contributed by atoms with Gasteiger partial charge in [0.05, 0.1) is 31.7 Å². The highest BCUT2D eigenvalue weighted by atomic mass is 16.6. The molecule has 0 radical (unpaired) electrons. The Morgan fingerprint density at radius 1 is 0.867 bits per heavy atom. The fourth-order valence-electron chi connectivity index (χ4n) is 5.28. The first-order valence-corrected chi connectivity index (χ1v) is 13.3. The van der Waals surface area contributed by atoms with E-state index >= 15 is 0 Å². The molecule has 1 saturated heterocycles. The van der Waals surface area contributed by atoms with E-state index in [-0.39, 0.29) is 5.60 Å². The third-order valence-electron chi connectivity index (χ3n) is 7.24. The van der Waals surface area contributed by atoms with E-state index in [1.165, 1.54) is 109 Å². The maximum atomic E-state index is 6.82. The first kappa shape index (κ1) is 25.7. The van der Waals surface area contributed by atoms with Gasteiger partial charge in [0.1, 0.15) is 6.10 Å². The van der Waals surface area contributed by atoms with E-state index in [0.717, 1.165) is 32.2 Å². The fourth-order valence-corrected chi connectivity index (χ4v) is 5.28. The summed E-state index contributed by atoms with van der Waals surface area (Å²) >= 11 is 0. The van der Waals surface area contributed by atoms with E-state index in [1.807, 2.05) is 0 Å². The van der Waals surface area contributed by atoms with Crippen molar-refractivity contribution in [3.8, 4) is 0 Å². The molecule has 30 heavy (non-hydrogen) atoms. The minimum Gasteiger partial charge on any atom is -0.502 e. The van der Waals surface area contributed by atoms with Gasteiger partial charge < -0.3 is 14.2 Å². The predicted molar refractivity (Wildman–Crippen MR) is 127 cm³/mol. The summed E-state index contributed by atoms with van der Waals surface area (Å²) in [6.07, 6.45) is 26.0. The normalized spacial score (nSPS) is 21.3. The maximum absolute atomic E-state index is 6.82. The van der Waals surface area contributed by atoms with Crippen LogP contribution in [0.25, 0.3) is 0 Å². The number of ether oxygens (including phenoxy) is 3. The van der Waals surface area contributed by atoms with E-state index in [9.17, 15) is 0 Å². The molecule has 3 heteroatoms. The second kappa shape index (κ2) is 16.1. The molecule has 1 saturated carbocycles. The Kier molecular flexibility index (Phi) is 13.8. The summed E-state index contributed by atoms with van der Waals surface area (Å²) in [7, 11) is 0. The van der Waals surface area contributed by atoms with Crippen molar-refractivity contribution in [3.63, 3.8) is 0 Å². The predicted octanol–water partition coefficient (Wildman–Crippen LogP) is 7.97. The molecule has 0 bridgehead atoms. The van der Waals surface area contributed by atoms with Crippen molar-refractivity contribution in [3.05, 3.63) is 12.8 Å². The Bertz CT molecular complexity index is 414. The van der Waals surface area contributed by atoms with Gasteiger partial charge in [-0.15, -0.1) is 0 Å². The van der Waals surface area contributed by atoms with Crippen molar-refractivity contribution in [2.45, 2.75) is 134 Å². The molecule has 0 amide bonds. The van der Waals surface area contributed by atoms with Gasteiger partial charge in [-0.1, -0.05) is 97.0 Å². The van der Waals surface area contributed by atoms with Crippen LogP contribution in [0.15, 0.2) is 12.8 Å².